The molecule has 1 N–H and O–H groups in total. The Hall–Kier alpha value is -0.210. The van der Waals surface area contributed by atoms with Gasteiger partial charge in [-0.1, -0.05) is 0 Å². The van der Waals surface area contributed by atoms with Crippen molar-refractivity contribution < 1.29 is 13.2 Å². The van der Waals surface area contributed by atoms with Crippen molar-refractivity contribution in [3.8, 4) is 0 Å². The molecule has 0 aliphatic carbocycles. The van der Waals surface area contributed by atoms with Gasteiger partial charge in [0.2, 0.25) is 0 Å². The number of ether oxygens (including phenoxy) is 1. The second-order valence-electron chi connectivity index (χ2n) is 4.86. The van der Waals surface area contributed by atoms with Crippen LogP contribution in [0.4, 0.5) is 0 Å². The van der Waals surface area contributed by atoms with Crippen molar-refractivity contribution in [2.45, 2.75) is 32.5 Å². The molecular weight excluding hydrogens is 254 g/mol. The summed E-state index contributed by atoms with van der Waals surface area (Å²) < 4.78 is 33.2. The second kappa shape index (κ2) is 6.81. The summed E-state index contributed by atoms with van der Waals surface area (Å²) in [4.78, 5) is 0. The Balaban J connectivity index is 2.61. The van der Waals surface area contributed by atoms with Crippen molar-refractivity contribution in [1.29, 1.82) is 0 Å². The van der Waals surface area contributed by atoms with Gasteiger partial charge in [-0.25, -0.2) is 0 Å². The van der Waals surface area contributed by atoms with Crippen molar-refractivity contribution >= 4 is 10.2 Å². The van der Waals surface area contributed by atoms with Crippen LogP contribution in [0.3, 0.4) is 0 Å². The van der Waals surface area contributed by atoms with E-state index in [1.807, 2.05) is 20.9 Å². The molecule has 0 bridgehead atoms. The van der Waals surface area contributed by atoms with E-state index in [4.69, 9.17) is 4.74 Å². The molecule has 1 aliphatic heterocycles. The van der Waals surface area contributed by atoms with Crippen LogP contribution < -0.4 is 5.32 Å². The lowest BCUT2D eigenvalue weighted by Gasteiger charge is -2.36. The Morgan fingerprint density at radius 3 is 2.39 bits per heavy atom. The van der Waals surface area contributed by atoms with Crippen LogP contribution in [0.2, 0.25) is 0 Å². The molecule has 6 nitrogen and oxygen atoms in total. The molecule has 1 rings (SSSR count). The van der Waals surface area contributed by atoms with Crippen LogP contribution in [0.1, 0.15) is 20.3 Å². The summed E-state index contributed by atoms with van der Waals surface area (Å²) in [5.74, 6) is 0. The van der Waals surface area contributed by atoms with Crippen molar-refractivity contribution in [2.75, 3.05) is 40.3 Å². The largest absolute Gasteiger partial charge is 0.373 e. The molecule has 1 heterocycles. The molecule has 1 aliphatic rings. The zero-order valence-electron chi connectivity index (χ0n) is 11.7. The third kappa shape index (κ3) is 4.17. The molecule has 108 valence electrons. The summed E-state index contributed by atoms with van der Waals surface area (Å²) in [6.45, 7) is 6.02. The minimum Gasteiger partial charge on any atom is -0.373 e. The van der Waals surface area contributed by atoms with Crippen molar-refractivity contribution in [2.24, 2.45) is 0 Å². The first-order valence-electron chi connectivity index (χ1n) is 6.39. The molecule has 2 atom stereocenters. The summed E-state index contributed by atoms with van der Waals surface area (Å²) in [6.07, 6.45) is 0.713. The minimum absolute atomic E-state index is 0.0470. The maximum absolute atomic E-state index is 12.3. The molecule has 7 heteroatoms. The standard InChI is InChI=1S/C11H25N3O3S/c1-10-8-14(9-11(2)17-10)18(15,16)13(4)7-5-6-12-3/h10-12H,5-9H2,1-4H3/t10-,11+. The van der Waals surface area contributed by atoms with Crippen molar-refractivity contribution in [3.05, 3.63) is 0 Å². The highest BCUT2D eigenvalue weighted by Crippen LogP contribution is 2.16. The summed E-state index contributed by atoms with van der Waals surface area (Å²) in [6, 6.07) is 0. The van der Waals surface area contributed by atoms with Gasteiger partial charge in [0.15, 0.2) is 0 Å². The maximum Gasteiger partial charge on any atom is 0.281 e. The number of hydrogen-bond donors (Lipinski definition) is 1. The lowest BCUT2D eigenvalue weighted by molar-refractivity contribution is -0.0452. The van der Waals surface area contributed by atoms with Gasteiger partial charge in [-0.15, -0.1) is 0 Å². The fourth-order valence-corrected chi connectivity index (χ4v) is 3.66. The zero-order valence-corrected chi connectivity index (χ0v) is 12.5. The van der Waals surface area contributed by atoms with Gasteiger partial charge in [0.25, 0.3) is 10.2 Å². The lowest BCUT2D eigenvalue weighted by atomic mass is 10.3. The van der Waals surface area contributed by atoms with E-state index in [9.17, 15) is 8.42 Å². The summed E-state index contributed by atoms with van der Waals surface area (Å²) in [5, 5.41) is 3.01. The van der Waals surface area contributed by atoms with E-state index >= 15 is 0 Å². The third-order valence-corrected chi connectivity index (χ3v) is 4.93. The monoisotopic (exact) mass is 279 g/mol. The lowest BCUT2D eigenvalue weighted by Crippen LogP contribution is -2.52. The van der Waals surface area contributed by atoms with Gasteiger partial charge in [-0.05, 0) is 33.9 Å². The predicted octanol–water partition coefficient (Wildman–Crippen LogP) is -0.118. The highest BCUT2D eigenvalue weighted by atomic mass is 32.2. The van der Waals surface area contributed by atoms with Gasteiger partial charge in [0, 0.05) is 26.7 Å². The fraction of sp³-hybridized carbons (Fsp3) is 1.00. The van der Waals surface area contributed by atoms with E-state index in [0.29, 0.717) is 19.6 Å². The van der Waals surface area contributed by atoms with Crippen LogP contribution >= 0.6 is 0 Å². The van der Waals surface area contributed by atoms with Gasteiger partial charge >= 0.3 is 0 Å². The van der Waals surface area contributed by atoms with Gasteiger partial charge < -0.3 is 10.1 Å². The van der Waals surface area contributed by atoms with Crippen LogP contribution in [0, 0.1) is 0 Å². The average Bonchev–Trinajstić information content (AvgIpc) is 2.27. The molecule has 0 aromatic heterocycles. The smallest absolute Gasteiger partial charge is 0.281 e. The minimum atomic E-state index is -3.35. The van der Waals surface area contributed by atoms with Crippen LogP contribution in [0.25, 0.3) is 0 Å². The van der Waals surface area contributed by atoms with Crippen LogP contribution in [0.5, 0.6) is 0 Å². The topological polar surface area (TPSA) is 61.9 Å². The summed E-state index contributed by atoms with van der Waals surface area (Å²) in [5.41, 5.74) is 0. The van der Waals surface area contributed by atoms with Crippen molar-refractivity contribution in [1.82, 2.24) is 13.9 Å². The normalized spacial score (nSPS) is 26.7. The van der Waals surface area contributed by atoms with E-state index in [0.717, 1.165) is 13.0 Å². The predicted molar refractivity (Wildman–Crippen MR) is 71.7 cm³/mol. The van der Waals surface area contributed by atoms with Gasteiger partial charge in [0.05, 0.1) is 12.2 Å². The summed E-state index contributed by atoms with van der Waals surface area (Å²) in [7, 11) is 0.146. The van der Waals surface area contributed by atoms with E-state index < -0.39 is 10.2 Å². The molecule has 0 saturated carbocycles. The van der Waals surface area contributed by atoms with E-state index in [1.165, 1.54) is 8.61 Å². The maximum atomic E-state index is 12.3. The first-order chi connectivity index (χ1) is 8.37. The number of nitrogens with zero attached hydrogens (tertiary/aromatic N) is 2. The number of rotatable bonds is 6. The van der Waals surface area contributed by atoms with Crippen LogP contribution in [-0.4, -0.2) is 69.5 Å². The number of morpholine rings is 1. The Morgan fingerprint density at radius 1 is 1.33 bits per heavy atom. The van der Waals surface area contributed by atoms with E-state index in [2.05, 4.69) is 5.32 Å². The Labute approximate surface area is 110 Å². The van der Waals surface area contributed by atoms with Gasteiger partial charge in [0.1, 0.15) is 0 Å². The third-order valence-electron chi connectivity index (χ3n) is 3.01. The van der Waals surface area contributed by atoms with Crippen molar-refractivity contribution in [3.63, 3.8) is 0 Å². The number of hydrogen-bond acceptors (Lipinski definition) is 4. The number of nitrogens with one attached hydrogen (secondary N) is 1. The molecule has 0 aromatic rings. The van der Waals surface area contributed by atoms with E-state index in [1.54, 1.807) is 7.05 Å². The first kappa shape index (κ1) is 15.8. The Bertz CT molecular complexity index is 337. The summed E-state index contributed by atoms with van der Waals surface area (Å²) >= 11 is 0. The van der Waals surface area contributed by atoms with E-state index in [-0.39, 0.29) is 12.2 Å². The first-order valence-corrected chi connectivity index (χ1v) is 7.79. The molecule has 1 saturated heterocycles. The van der Waals surface area contributed by atoms with Gasteiger partial charge in [-0.3, -0.25) is 0 Å². The highest BCUT2D eigenvalue weighted by Gasteiger charge is 2.33. The van der Waals surface area contributed by atoms with Crippen LogP contribution in [0.15, 0.2) is 0 Å². The quantitative estimate of drug-likeness (QED) is 0.689. The molecular formula is C11H25N3O3S. The molecule has 18 heavy (non-hydrogen) atoms. The highest BCUT2D eigenvalue weighted by molar-refractivity contribution is 7.86. The Morgan fingerprint density at radius 2 is 1.89 bits per heavy atom. The average molecular weight is 279 g/mol. The fourth-order valence-electron chi connectivity index (χ4n) is 2.11. The molecule has 0 aromatic carbocycles. The zero-order chi connectivity index (χ0) is 13.8. The Kier molecular flexibility index (Phi) is 6.00. The molecule has 0 amide bonds. The van der Waals surface area contributed by atoms with Crippen LogP contribution in [-0.2, 0) is 14.9 Å². The molecule has 1 fully saturated rings. The second-order valence-corrected chi connectivity index (χ2v) is 6.90. The SMILES string of the molecule is CNCCCN(C)S(=O)(=O)N1C[C@@H](C)O[C@@H](C)C1. The van der Waals surface area contributed by atoms with Gasteiger partial charge in [-0.2, -0.15) is 17.0 Å². The molecule has 0 unspecified atom stereocenters. The molecule has 0 spiro atoms. The molecule has 0 radical (unpaired) electrons.